The van der Waals surface area contributed by atoms with Gasteiger partial charge in [-0.2, -0.15) is 0 Å². The number of rotatable bonds is 3. The summed E-state index contributed by atoms with van der Waals surface area (Å²) in [7, 11) is 1.83. The van der Waals surface area contributed by atoms with Crippen molar-refractivity contribution in [2.75, 3.05) is 7.05 Å². The Morgan fingerprint density at radius 1 is 1.11 bits per heavy atom. The lowest BCUT2D eigenvalue weighted by Gasteiger charge is -2.20. The van der Waals surface area contributed by atoms with Crippen LogP contribution in [0.2, 0.25) is 0 Å². The average molecular weight is 258 g/mol. The van der Waals surface area contributed by atoms with Gasteiger partial charge in [-0.1, -0.05) is 12.1 Å². The SMILES string of the molecule is CNC(c1cc(C)c(C)cc1C)c1ncccc1F. The highest BCUT2D eigenvalue weighted by atomic mass is 19.1. The topological polar surface area (TPSA) is 24.9 Å². The highest BCUT2D eigenvalue weighted by Crippen LogP contribution is 2.27. The Morgan fingerprint density at radius 2 is 1.79 bits per heavy atom. The van der Waals surface area contributed by atoms with E-state index >= 15 is 0 Å². The van der Waals surface area contributed by atoms with Gasteiger partial charge in [0.1, 0.15) is 5.82 Å². The van der Waals surface area contributed by atoms with E-state index in [1.54, 1.807) is 12.3 Å². The lowest BCUT2D eigenvalue weighted by molar-refractivity contribution is 0.558. The van der Waals surface area contributed by atoms with Crippen molar-refractivity contribution >= 4 is 0 Å². The first kappa shape index (κ1) is 13.7. The number of aromatic nitrogens is 1. The molecule has 0 saturated heterocycles. The van der Waals surface area contributed by atoms with Gasteiger partial charge in [-0.3, -0.25) is 4.98 Å². The fraction of sp³-hybridized carbons (Fsp3) is 0.312. The van der Waals surface area contributed by atoms with Crippen LogP contribution < -0.4 is 5.32 Å². The summed E-state index contributed by atoms with van der Waals surface area (Å²) in [6.07, 6.45) is 1.62. The molecule has 3 heteroatoms. The number of halogens is 1. The van der Waals surface area contributed by atoms with Crippen LogP contribution in [0.5, 0.6) is 0 Å². The van der Waals surface area contributed by atoms with Crippen LogP contribution in [0.25, 0.3) is 0 Å². The van der Waals surface area contributed by atoms with Crippen molar-refractivity contribution in [3.8, 4) is 0 Å². The standard InChI is InChI=1S/C16H19FN2/c1-10-8-12(3)13(9-11(10)2)15(18-4)16-14(17)6-5-7-19-16/h5-9,15,18H,1-4H3. The molecule has 0 amide bonds. The summed E-state index contributed by atoms with van der Waals surface area (Å²) >= 11 is 0. The fourth-order valence-electron chi connectivity index (χ4n) is 2.34. The third kappa shape index (κ3) is 2.66. The van der Waals surface area contributed by atoms with Gasteiger partial charge in [-0.25, -0.2) is 4.39 Å². The Kier molecular flexibility index (Phi) is 3.96. The molecule has 1 unspecified atom stereocenters. The molecular formula is C16H19FN2. The van der Waals surface area contributed by atoms with Crippen molar-refractivity contribution in [1.29, 1.82) is 0 Å². The Labute approximate surface area is 113 Å². The van der Waals surface area contributed by atoms with Gasteiger partial charge in [0.15, 0.2) is 0 Å². The third-order valence-electron chi connectivity index (χ3n) is 3.54. The maximum absolute atomic E-state index is 13.9. The molecule has 0 aliphatic carbocycles. The Morgan fingerprint density at radius 3 is 2.42 bits per heavy atom. The number of hydrogen-bond acceptors (Lipinski definition) is 2. The van der Waals surface area contributed by atoms with E-state index in [2.05, 4.69) is 36.3 Å². The van der Waals surface area contributed by atoms with Gasteiger partial charge in [0.05, 0.1) is 11.7 Å². The van der Waals surface area contributed by atoms with Crippen LogP contribution >= 0.6 is 0 Å². The highest BCUT2D eigenvalue weighted by Gasteiger charge is 2.19. The zero-order valence-electron chi connectivity index (χ0n) is 11.8. The maximum Gasteiger partial charge on any atom is 0.146 e. The van der Waals surface area contributed by atoms with Crippen molar-refractivity contribution < 1.29 is 4.39 Å². The van der Waals surface area contributed by atoms with E-state index in [1.165, 1.54) is 17.2 Å². The highest BCUT2D eigenvalue weighted by molar-refractivity contribution is 5.41. The monoisotopic (exact) mass is 258 g/mol. The molecule has 0 aliphatic rings. The third-order valence-corrected chi connectivity index (χ3v) is 3.54. The Hall–Kier alpha value is -1.74. The number of nitrogens with zero attached hydrogens (tertiary/aromatic N) is 1. The van der Waals surface area contributed by atoms with E-state index in [4.69, 9.17) is 0 Å². The van der Waals surface area contributed by atoms with Crippen molar-refractivity contribution in [2.45, 2.75) is 26.8 Å². The second-order valence-corrected chi connectivity index (χ2v) is 4.89. The van der Waals surface area contributed by atoms with E-state index in [0.29, 0.717) is 5.69 Å². The summed E-state index contributed by atoms with van der Waals surface area (Å²) in [6.45, 7) is 6.20. The number of hydrogen-bond donors (Lipinski definition) is 1. The molecule has 2 rings (SSSR count). The van der Waals surface area contributed by atoms with Crippen molar-refractivity contribution in [3.05, 3.63) is 64.2 Å². The summed E-state index contributed by atoms with van der Waals surface area (Å²) in [5.74, 6) is -0.278. The van der Waals surface area contributed by atoms with Crippen LogP contribution in [-0.4, -0.2) is 12.0 Å². The van der Waals surface area contributed by atoms with E-state index in [0.717, 1.165) is 11.1 Å². The smallest absolute Gasteiger partial charge is 0.146 e. The van der Waals surface area contributed by atoms with E-state index in [-0.39, 0.29) is 11.9 Å². The summed E-state index contributed by atoms with van der Waals surface area (Å²) in [4.78, 5) is 4.18. The molecule has 2 nitrogen and oxygen atoms in total. The lowest BCUT2D eigenvalue weighted by atomic mass is 9.94. The van der Waals surface area contributed by atoms with Crippen molar-refractivity contribution in [3.63, 3.8) is 0 Å². The zero-order chi connectivity index (χ0) is 14.0. The second kappa shape index (κ2) is 5.49. The number of nitrogens with one attached hydrogen (secondary N) is 1. The lowest BCUT2D eigenvalue weighted by Crippen LogP contribution is -2.21. The number of benzene rings is 1. The van der Waals surface area contributed by atoms with Gasteiger partial charge in [-0.05, 0) is 62.2 Å². The van der Waals surface area contributed by atoms with Crippen LogP contribution in [0.3, 0.4) is 0 Å². The quantitative estimate of drug-likeness (QED) is 0.912. The molecule has 1 heterocycles. The van der Waals surface area contributed by atoms with Gasteiger partial charge < -0.3 is 5.32 Å². The summed E-state index contributed by atoms with van der Waals surface area (Å²) in [5.41, 5.74) is 5.11. The molecule has 0 aliphatic heterocycles. The van der Waals surface area contributed by atoms with E-state index in [9.17, 15) is 4.39 Å². The van der Waals surface area contributed by atoms with Crippen molar-refractivity contribution in [2.24, 2.45) is 0 Å². The van der Waals surface area contributed by atoms with E-state index in [1.807, 2.05) is 14.0 Å². The molecule has 0 fully saturated rings. The van der Waals surface area contributed by atoms with Crippen molar-refractivity contribution in [1.82, 2.24) is 10.3 Å². The number of aryl methyl sites for hydroxylation is 3. The maximum atomic E-state index is 13.9. The molecule has 19 heavy (non-hydrogen) atoms. The molecule has 0 bridgehead atoms. The molecule has 0 saturated carbocycles. The van der Waals surface area contributed by atoms with Gasteiger partial charge >= 0.3 is 0 Å². The predicted octanol–water partition coefficient (Wildman–Crippen LogP) is 3.45. The normalized spacial score (nSPS) is 12.5. The predicted molar refractivity (Wildman–Crippen MR) is 75.8 cm³/mol. The summed E-state index contributed by atoms with van der Waals surface area (Å²) < 4.78 is 13.9. The van der Waals surface area contributed by atoms with Gasteiger partial charge in [0.2, 0.25) is 0 Å². The zero-order valence-corrected chi connectivity index (χ0v) is 11.8. The van der Waals surface area contributed by atoms with Crippen LogP contribution in [-0.2, 0) is 0 Å². The molecule has 0 radical (unpaired) electrons. The minimum atomic E-state index is -0.278. The average Bonchev–Trinajstić information content (AvgIpc) is 2.38. The van der Waals surface area contributed by atoms with Crippen LogP contribution in [0.4, 0.5) is 4.39 Å². The first-order valence-corrected chi connectivity index (χ1v) is 6.40. The first-order valence-electron chi connectivity index (χ1n) is 6.40. The molecule has 1 aromatic carbocycles. The molecule has 1 atom stereocenters. The van der Waals surface area contributed by atoms with Crippen LogP contribution in [0.1, 0.15) is 34.0 Å². The molecule has 1 N–H and O–H groups in total. The summed E-state index contributed by atoms with van der Waals surface area (Å²) in [5, 5.41) is 3.16. The minimum absolute atomic E-state index is 0.222. The molecular weight excluding hydrogens is 239 g/mol. The largest absolute Gasteiger partial charge is 0.308 e. The molecule has 100 valence electrons. The second-order valence-electron chi connectivity index (χ2n) is 4.89. The van der Waals surface area contributed by atoms with Gasteiger partial charge in [-0.15, -0.1) is 0 Å². The fourth-order valence-corrected chi connectivity index (χ4v) is 2.34. The Bertz CT molecular complexity index is 593. The van der Waals surface area contributed by atoms with Gasteiger partial charge in [0.25, 0.3) is 0 Å². The number of pyridine rings is 1. The minimum Gasteiger partial charge on any atom is -0.308 e. The Balaban J connectivity index is 2.55. The molecule has 0 spiro atoms. The summed E-state index contributed by atoms with van der Waals surface area (Å²) in [6, 6.07) is 7.08. The van der Waals surface area contributed by atoms with Gasteiger partial charge in [0, 0.05) is 6.20 Å². The van der Waals surface area contributed by atoms with E-state index < -0.39 is 0 Å². The van der Waals surface area contributed by atoms with Crippen LogP contribution in [0.15, 0.2) is 30.5 Å². The first-order chi connectivity index (χ1) is 9.04. The molecule has 2 aromatic rings. The van der Waals surface area contributed by atoms with Crippen LogP contribution in [0, 0.1) is 26.6 Å². The molecule has 1 aromatic heterocycles.